The molecule has 0 aliphatic heterocycles. The Morgan fingerprint density at radius 3 is 2.88 bits per heavy atom. The first-order valence-corrected chi connectivity index (χ1v) is 7.32. The zero-order valence-electron chi connectivity index (χ0n) is 11.0. The Morgan fingerprint density at radius 2 is 2.29 bits per heavy atom. The van der Waals surface area contributed by atoms with Crippen LogP contribution >= 0.6 is 11.3 Å². The van der Waals surface area contributed by atoms with Crippen LogP contribution in [-0.4, -0.2) is 17.6 Å². The van der Waals surface area contributed by atoms with Crippen LogP contribution in [0.2, 0.25) is 0 Å². The van der Waals surface area contributed by atoms with Crippen molar-refractivity contribution in [2.24, 2.45) is 0 Å². The van der Waals surface area contributed by atoms with E-state index in [0.717, 1.165) is 30.6 Å². The fourth-order valence-electron chi connectivity index (χ4n) is 1.80. The maximum atomic E-state index is 5.84. The molecule has 0 aromatic carbocycles. The van der Waals surface area contributed by atoms with Crippen LogP contribution in [0.3, 0.4) is 0 Å². The first kappa shape index (κ1) is 13.0. The SMILES string of the molecule is CCOC(C)(CC)c1ncc(CNC2CC2)s1. The third-order valence-electron chi connectivity index (χ3n) is 3.29. The molecule has 1 aliphatic rings. The van der Waals surface area contributed by atoms with Crippen molar-refractivity contribution in [3.8, 4) is 0 Å². The molecule has 0 amide bonds. The summed E-state index contributed by atoms with van der Waals surface area (Å²) >= 11 is 1.78. The maximum Gasteiger partial charge on any atom is 0.125 e. The number of ether oxygens (including phenoxy) is 1. The lowest BCUT2D eigenvalue weighted by Crippen LogP contribution is -2.24. The smallest absolute Gasteiger partial charge is 0.125 e. The van der Waals surface area contributed by atoms with Crippen molar-refractivity contribution in [2.75, 3.05) is 6.61 Å². The van der Waals surface area contributed by atoms with E-state index in [4.69, 9.17) is 4.74 Å². The van der Waals surface area contributed by atoms with Gasteiger partial charge >= 0.3 is 0 Å². The average Bonchev–Trinajstić information content (AvgIpc) is 3.03. The fraction of sp³-hybridized carbons (Fsp3) is 0.769. The standard InChI is InChI=1S/C13H22N2OS/c1-4-13(3,16-5-2)12-15-9-11(17-12)8-14-10-6-7-10/h9-10,14H,4-8H2,1-3H3. The Hall–Kier alpha value is -0.450. The van der Waals surface area contributed by atoms with Crippen molar-refractivity contribution in [1.82, 2.24) is 10.3 Å². The third-order valence-corrected chi connectivity index (χ3v) is 4.53. The second-order valence-corrected chi connectivity index (χ2v) is 5.92. The normalized spacial score (nSPS) is 19.2. The number of hydrogen-bond acceptors (Lipinski definition) is 4. The predicted octanol–water partition coefficient (Wildman–Crippen LogP) is 3.06. The van der Waals surface area contributed by atoms with E-state index < -0.39 is 0 Å². The molecule has 1 unspecified atom stereocenters. The van der Waals surface area contributed by atoms with Gasteiger partial charge in [-0.1, -0.05) is 6.92 Å². The van der Waals surface area contributed by atoms with Crippen LogP contribution in [-0.2, 0) is 16.9 Å². The van der Waals surface area contributed by atoms with Crippen molar-refractivity contribution in [3.63, 3.8) is 0 Å². The highest BCUT2D eigenvalue weighted by Gasteiger charge is 2.28. The van der Waals surface area contributed by atoms with Crippen LogP contribution < -0.4 is 5.32 Å². The lowest BCUT2D eigenvalue weighted by atomic mass is 10.1. The summed E-state index contributed by atoms with van der Waals surface area (Å²) in [6.45, 7) is 8.01. The van der Waals surface area contributed by atoms with E-state index in [0.29, 0.717) is 0 Å². The molecule has 0 radical (unpaired) electrons. The van der Waals surface area contributed by atoms with Gasteiger partial charge in [-0.15, -0.1) is 11.3 Å². The Kier molecular flexibility index (Phi) is 4.17. The van der Waals surface area contributed by atoms with Crippen molar-refractivity contribution in [1.29, 1.82) is 0 Å². The van der Waals surface area contributed by atoms with Crippen LogP contribution in [0.1, 0.15) is 49.9 Å². The topological polar surface area (TPSA) is 34.1 Å². The summed E-state index contributed by atoms with van der Waals surface area (Å²) in [5.41, 5.74) is -0.211. The summed E-state index contributed by atoms with van der Waals surface area (Å²) in [6.07, 6.45) is 5.61. The summed E-state index contributed by atoms with van der Waals surface area (Å²) < 4.78 is 5.84. The summed E-state index contributed by atoms with van der Waals surface area (Å²) in [4.78, 5) is 5.84. The first-order chi connectivity index (χ1) is 8.18. The first-order valence-electron chi connectivity index (χ1n) is 6.50. The third kappa shape index (κ3) is 3.27. The highest BCUT2D eigenvalue weighted by atomic mass is 32.1. The molecule has 1 atom stereocenters. The number of aromatic nitrogens is 1. The molecule has 2 rings (SSSR count). The molecule has 1 aromatic heterocycles. The Balaban J connectivity index is 1.99. The van der Waals surface area contributed by atoms with E-state index in [1.54, 1.807) is 11.3 Å². The van der Waals surface area contributed by atoms with Gasteiger partial charge in [0.1, 0.15) is 10.6 Å². The number of hydrogen-bond donors (Lipinski definition) is 1. The van der Waals surface area contributed by atoms with Crippen LogP contribution in [0.4, 0.5) is 0 Å². The summed E-state index contributed by atoms with van der Waals surface area (Å²) in [5.74, 6) is 0. The molecule has 3 nitrogen and oxygen atoms in total. The molecule has 0 bridgehead atoms. The van der Waals surface area contributed by atoms with Crippen molar-refractivity contribution >= 4 is 11.3 Å². The number of nitrogens with zero attached hydrogens (tertiary/aromatic N) is 1. The second-order valence-electron chi connectivity index (χ2n) is 4.80. The predicted molar refractivity (Wildman–Crippen MR) is 71.2 cm³/mol. The highest BCUT2D eigenvalue weighted by molar-refractivity contribution is 7.11. The molecule has 4 heteroatoms. The minimum absolute atomic E-state index is 0.211. The van der Waals surface area contributed by atoms with Gasteiger partial charge in [-0.3, -0.25) is 0 Å². The van der Waals surface area contributed by atoms with E-state index in [-0.39, 0.29) is 5.60 Å². The minimum Gasteiger partial charge on any atom is -0.368 e. The molecule has 1 heterocycles. The maximum absolute atomic E-state index is 5.84. The molecule has 1 aromatic rings. The zero-order valence-corrected chi connectivity index (χ0v) is 11.8. The fourth-order valence-corrected chi connectivity index (χ4v) is 2.83. The van der Waals surface area contributed by atoms with E-state index in [1.807, 2.05) is 13.1 Å². The van der Waals surface area contributed by atoms with Crippen LogP contribution in [0.25, 0.3) is 0 Å². The van der Waals surface area contributed by atoms with E-state index >= 15 is 0 Å². The minimum atomic E-state index is -0.211. The Labute approximate surface area is 108 Å². The quantitative estimate of drug-likeness (QED) is 0.812. The summed E-state index contributed by atoms with van der Waals surface area (Å²) in [5, 5.41) is 4.62. The van der Waals surface area contributed by atoms with Gasteiger partial charge in [-0.05, 0) is 33.1 Å². The summed E-state index contributed by atoms with van der Waals surface area (Å²) in [7, 11) is 0. The summed E-state index contributed by atoms with van der Waals surface area (Å²) in [6, 6.07) is 0.755. The van der Waals surface area contributed by atoms with E-state index in [2.05, 4.69) is 24.1 Å². The van der Waals surface area contributed by atoms with Crippen molar-refractivity contribution in [2.45, 2.75) is 58.2 Å². The Morgan fingerprint density at radius 1 is 1.53 bits per heavy atom. The van der Waals surface area contributed by atoms with Gasteiger partial charge in [0.05, 0.1) is 0 Å². The highest BCUT2D eigenvalue weighted by Crippen LogP contribution is 2.32. The molecular formula is C13H22N2OS. The molecule has 1 saturated carbocycles. The van der Waals surface area contributed by atoms with E-state index in [9.17, 15) is 0 Å². The van der Waals surface area contributed by atoms with Gasteiger partial charge in [0.25, 0.3) is 0 Å². The second kappa shape index (κ2) is 5.46. The monoisotopic (exact) mass is 254 g/mol. The molecule has 96 valence electrons. The van der Waals surface area contributed by atoms with Gasteiger partial charge in [0.15, 0.2) is 0 Å². The zero-order chi connectivity index (χ0) is 12.3. The van der Waals surface area contributed by atoms with Gasteiger partial charge in [-0.2, -0.15) is 0 Å². The van der Waals surface area contributed by atoms with Crippen LogP contribution in [0, 0.1) is 0 Å². The molecule has 0 spiro atoms. The number of thiazole rings is 1. The lowest BCUT2D eigenvalue weighted by Gasteiger charge is -2.25. The van der Waals surface area contributed by atoms with Gasteiger partial charge in [-0.25, -0.2) is 4.98 Å². The number of nitrogens with one attached hydrogen (secondary N) is 1. The molecular weight excluding hydrogens is 232 g/mol. The van der Waals surface area contributed by atoms with Gasteiger partial charge < -0.3 is 10.1 Å². The van der Waals surface area contributed by atoms with E-state index in [1.165, 1.54) is 17.7 Å². The number of rotatable bonds is 7. The molecule has 1 fully saturated rings. The molecule has 17 heavy (non-hydrogen) atoms. The molecule has 1 aliphatic carbocycles. The largest absolute Gasteiger partial charge is 0.368 e. The van der Waals surface area contributed by atoms with Crippen LogP contribution in [0.15, 0.2) is 6.20 Å². The van der Waals surface area contributed by atoms with Crippen molar-refractivity contribution in [3.05, 3.63) is 16.1 Å². The van der Waals surface area contributed by atoms with Crippen molar-refractivity contribution < 1.29 is 4.74 Å². The van der Waals surface area contributed by atoms with Gasteiger partial charge in [0, 0.05) is 30.3 Å². The van der Waals surface area contributed by atoms with Crippen LogP contribution in [0.5, 0.6) is 0 Å². The van der Waals surface area contributed by atoms with Gasteiger partial charge in [0.2, 0.25) is 0 Å². The molecule has 0 saturated heterocycles. The molecule has 1 N–H and O–H groups in total. The average molecular weight is 254 g/mol. The Bertz CT molecular complexity index is 362. The lowest BCUT2D eigenvalue weighted by molar-refractivity contribution is -0.0324.